The van der Waals surface area contributed by atoms with Crippen molar-refractivity contribution in [1.82, 2.24) is 10.2 Å². The Hall–Kier alpha value is -1.65. The molecule has 2 rings (SSSR count). The number of rotatable bonds is 7. The van der Waals surface area contributed by atoms with Crippen molar-refractivity contribution in [3.05, 3.63) is 12.2 Å². The lowest BCUT2D eigenvalue weighted by Crippen LogP contribution is -2.43. The molecule has 1 heterocycles. The van der Waals surface area contributed by atoms with Crippen molar-refractivity contribution in [3.8, 4) is 0 Å². The van der Waals surface area contributed by atoms with Gasteiger partial charge in [-0.15, -0.1) is 0 Å². The number of hydrogen-bond acceptors (Lipinski definition) is 3. The maximum atomic E-state index is 12.3. The van der Waals surface area contributed by atoms with Crippen molar-refractivity contribution in [2.45, 2.75) is 58.4 Å². The summed E-state index contributed by atoms with van der Waals surface area (Å²) in [5.74, 6) is -1.13. The van der Waals surface area contributed by atoms with Crippen LogP contribution in [0.1, 0.15) is 52.4 Å². The average molecular weight is 306 g/mol. The molecule has 1 N–H and O–H groups in total. The summed E-state index contributed by atoms with van der Waals surface area (Å²) in [4.78, 5) is 37.8. The Balaban J connectivity index is 1.84. The molecule has 22 heavy (non-hydrogen) atoms. The first-order valence-corrected chi connectivity index (χ1v) is 8.34. The second-order valence-corrected chi connectivity index (χ2v) is 6.38. The number of nitrogens with one attached hydrogen (secondary N) is 1. The highest BCUT2D eigenvalue weighted by Crippen LogP contribution is 2.34. The van der Waals surface area contributed by atoms with E-state index < -0.39 is 0 Å². The molecule has 0 saturated carbocycles. The van der Waals surface area contributed by atoms with Crippen molar-refractivity contribution in [2.75, 3.05) is 6.54 Å². The fourth-order valence-electron chi connectivity index (χ4n) is 3.26. The number of imide groups is 1. The molecule has 3 amide bonds. The summed E-state index contributed by atoms with van der Waals surface area (Å²) >= 11 is 0. The summed E-state index contributed by atoms with van der Waals surface area (Å²) < 4.78 is 0. The molecule has 1 fully saturated rings. The lowest BCUT2D eigenvalue weighted by Gasteiger charge is -2.18. The summed E-state index contributed by atoms with van der Waals surface area (Å²) in [6, 6.07) is 0.0794. The third-order valence-electron chi connectivity index (χ3n) is 4.55. The molecule has 5 heteroatoms. The van der Waals surface area contributed by atoms with Gasteiger partial charge in [-0.05, 0) is 26.2 Å². The van der Waals surface area contributed by atoms with Crippen LogP contribution in [0, 0.1) is 11.8 Å². The zero-order valence-electron chi connectivity index (χ0n) is 13.5. The third kappa shape index (κ3) is 3.76. The van der Waals surface area contributed by atoms with E-state index in [0.29, 0.717) is 12.8 Å². The van der Waals surface area contributed by atoms with E-state index in [2.05, 4.69) is 12.2 Å². The van der Waals surface area contributed by atoms with Crippen LogP contribution in [0.3, 0.4) is 0 Å². The highest BCUT2D eigenvalue weighted by molar-refractivity contribution is 6.07. The molecule has 0 aromatic rings. The first kappa shape index (κ1) is 16.7. The minimum absolute atomic E-state index is 0.0794. The van der Waals surface area contributed by atoms with E-state index in [4.69, 9.17) is 0 Å². The normalized spacial score (nSPS) is 25.3. The number of amides is 3. The van der Waals surface area contributed by atoms with Crippen LogP contribution in [0.25, 0.3) is 0 Å². The smallest absolute Gasteiger partial charge is 0.240 e. The molecule has 0 unspecified atom stereocenters. The second-order valence-electron chi connectivity index (χ2n) is 6.38. The van der Waals surface area contributed by atoms with Gasteiger partial charge in [-0.25, -0.2) is 0 Å². The van der Waals surface area contributed by atoms with Crippen LogP contribution in [0.2, 0.25) is 0 Å². The first-order chi connectivity index (χ1) is 10.5. The van der Waals surface area contributed by atoms with Gasteiger partial charge in [0.05, 0.1) is 11.8 Å². The molecule has 0 aromatic carbocycles. The van der Waals surface area contributed by atoms with Crippen LogP contribution in [-0.4, -0.2) is 35.2 Å². The van der Waals surface area contributed by atoms with Gasteiger partial charge < -0.3 is 5.32 Å². The molecule has 0 spiro atoms. The monoisotopic (exact) mass is 306 g/mol. The van der Waals surface area contributed by atoms with E-state index in [1.807, 2.05) is 19.1 Å². The lowest BCUT2D eigenvalue weighted by atomic mass is 9.85. The predicted molar refractivity (Wildman–Crippen MR) is 83.8 cm³/mol. The van der Waals surface area contributed by atoms with Crippen LogP contribution >= 0.6 is 0 Å². The fraction of sp³-hybridized carbons (Fsp3) is 0.706. The molecule has 0 bridgehead atoms. The number of unbranched alkanes of at least 4 members (excludes halogenated alkanes) is 2. The minimum atomic E-state index is -0.257. The molecular formula is C17H26N2O3. The van der Waals surface area contributed by atoms with Crippen molar-refractivity contribution >= 4 is 17.7 Å². The van der Waals surface area contributed by atoms with Crippen molar-refractivity contribution < 1.29 is 14.4 Å². The number of nitrogens with zero attached hydrogens (tertiary/aromatic N) is 1. The maximum Gasteiger partial charge on any atom is 0.240 e. The number of hydrogen-bond donors (Lipinski definition) is 1. The third-order valence-corrected chi connectivity index (χ3v) is 4.55. The van der Waals surface area contributed by atoms with E-state index >= 15 is 0 Å². The second kappa shape index (κ2) is 7.56. The summed E-state index contributed by atoms with van der Waals surface area (Å²) in [6.45, 7) is 3.97. The van der Waals surface area contributed by atoms with E-state index in [1.54, 1.807) is 0 Å². The number of carbonyl (C=O) groups excluding carboxylic acids is 3. The van der Waals surface area contributed by atoms with Gasteiger partial charge in [-0.2, -0.15) is 0 Å². The SMILES string of the molecule is CCCCC[C@H](C)NC(=O)CN1C(=O)[C@H]2CC=CC[C@@H]2C1=O. The maximum absolute atomic E-state index is 12.3. The highest BCUT2D eigenvalue weighted by atomic mass is 16.2. The van der Waals surface area contributed by atoms with Gasteiger partial charge in [0, 0.05) is 6.04 Å². The number of allylic oxidation sites excluding steroid dienone is 2. The molecule has 3 atom stereocenters. The molecule has 122 valence electrons. The molecule has 0 radical (unpaired) electrons. The van der Waals surface area contributed by atoms with Gasteiger partial charge in [0.1, 0.15) is 6.54 Å². The Morgan fingerprint density at radius 1 is 1.23 bits per heavy atom. The Morgan fingerprint density at radius 2 is 1.82 bits per heavy atom. The van der Waals surface area contributed by atoms with Crippen LogP contribution < -0.4 is 5.32 Å². The van der Waals surface area contributed by atoms with Gasteiger partial charge in [-0.1, -0.05) is 38.3 Å². The van der Waals surface area contributed by atoms with Gasteiger partial charge in [-0.3, -0.25) is 19.3 Å². The molecule has 0 aromatic heterocycles. The fourth-order valence-corrected chi connectivity index (χ4v) is 3.26. The minimum Gasteiger partial charge on any atom is -0.352 e. The highest BCUT2D eigenvalue weighted by Gasteiger charge is 2.47. The summed E-state index contributed by atoms with van der Waals surface area (Å²) in [6.07, 6.45) is 9.43. The molecular weight excluding hydrogens is 280 g/mol. The molecule has 2 aliphatic rings. The molecule has 1 saturated heterocycles. The Labute approximate surface area is 132 Å². The van der Waals surface area contributed by atoms with Gasteiger partial charge in [0.25, 0.3) is 0 Å². The summed E-state index contributed by atoms with van der Waals surface area (Å²) in [7, 11) is 0. The Bertz CT molecular complexity index is 447. The van der Waals surface area contributed by atoms with Crippen molar-refractivity contribution in [1.29, 1.82) is 0 Å². The van der Waals surface area contributed by atoms with E-state index in [0.717, 1.165) is 30.6 Å². The topological polar surface area (TPSA) is 66.5 Å². The van der Waals surface area contributed by atoms with Gasteiger partial charge >= 0.3 is 0 Å². The predicted octanol–water partition coefficient (Wildman–Crippen LogP) is 2.02. The quantitative estimate of drug-likeness (QED) is 0.444. The number of likely N-dealkylation sites (tertiary alicyclic amines) is 1. The summed E-state index contributed by atoms with van der Waals surface area (Å²) in [5.41, 5.74) is 0. The first-order valence-electron chi connectivity index (χ1n) is 8.34. The lowest BCUT2D eigenvalue weighted by molar-refractivity contribution is -0.143. The molecule has 1 aliphatic heterocycles. The largest absolute Gasteiger partial charge is 0.352 e. The summed E-state index contributed by atoms with van der Waals surface area (Å²) in [5, 5.41) is 2.89. The van der Waals surface area contributed by atoms with Crippen molar-refractivity contribution in [2.24, 2.45) is 11.8 Å². The van der Waals surface area contributed by atoms with Gasteiger partial charge in [0.15, 0.2) is 0 Å². The van der Waals surface area contributed by atoms with Crippen LogP contribution in [0.15, 0.2) is 12.2 Å². The Kier molecular flexibility index (Phi) is 5.75. The Morgan fingerprint density at radius 3 is 2.36 bits per heavy atom. The van der Waals surface area contributed by atoms with Gasteiger partial charge in [0.2, 0.25) is 17.7 Å². The van der Waals surface area contributed by atoms with E-state index in [9.17, 15) is 14.4 Å². The average Bonchev–Trinajstić information content (AvgIpc) is 2.73. The van der Waals surface area contributed by atoms with Crippen molar-refractivity contribution in [3.63, 3.8) is 0 Å². The molecule has 1 aliphatic carbocycles. The zero-order valence-corrected chi connectivity index (χ0v) is 13.5. The number of carbonyl (C=O) groups is 3. The zero-order chi connectivity index (χ0) is 16.1. The van der Waals surface area contributed by atoms with Crippen LogP contribution in [0.4, 0.5) is 0 Å². The van der Waals surface area contributed by atoms with Crippen LogP contribution in [-0.2, 0) is 14.4 Å². The molecule has 5 nitrogen and oxygen atoms in total. The standard InChI is InChI=1S/C17H26N2O3/c1-3-4-5-8-12(2)18-15(20)11-19-16(21)13-9-6-7-10-14(13)17(19)22/h6-7,12-14H,3-5,8-11H2,1-2H3,(H,18,20)/t12-,13-,14-/m0/s1. The van der Waals surface area contributed by atoms with E-state index in [-0.39, 0.29) is 42.1 Å². The van der Waals surface area contributed by atoms with E-state index in [1.165, 1.54) is 0 Å². The van der Waals surface area contributed by atoms with Crippen LogP contribution in [0.5, 0.6) is 0 Å². The number of fused-ring (bicyclic) bond motifs is 1.